The predicted octanol–water partition coefficient (Wildman–Crippen LogP) is 6.43. The molecule has 3 rings (SSSR count). The van der Waals surface area contributed by atoms with Crippen LogP contribution in [0.3, 0.4) is 0 Å². The zero-order valence-electron chi connectivity index (χ0n) is 16.5. The maximum Gasteiger partial charge on any atom is 0.0169 e. The van der Waals surface area contributed by atoms with E-state index in [1.54, 1.807) is 11.1 Å². The fraction of sp³-hybridized carbons (Fsp3) is 0.583. The van der Waals surface area contributed by atoms with E-state index in [9.17, 15) is 0 Å². The highest BCUT2D eigenvalue weighted by molar-refractivity contribution is 5.70. The van der Waals surface area contributed by atoms with E-state index in [2.05, 4.69) is 62.6 Å². The van der Waals surface area contributed by atoms with Crippen molar-refractivity contribution in [2.24, 2.45) is 5.41 Å². The molecule has 1 heterocycles. The second-order valence-electron chi connectivity index (χ2n) is 8.92. The van der Waals surface area contributed by atoms with Crippen molar-refractivity contribution in [3.05, 3.63) is 53.6 Å². The van der Waals surface area contributed by atoms with Gasteiger partial charge in [0, 0.05) is 13.1 Å². The van der Waals surface area contributed by atoms with Crippen LogP contribution < -0.4 is 0 Å². The summed E-state index contributed by atoms with van der Waals surface area (Å²) in [5, 5.41) is 0. The van der Waals surface area contributed by atoms with E-state index in [1.165, 1.54) is 56.3 Å². The molecule has 1 aromatic rings. The molecule has 0 bridgehead atoms. The first-order valence-corrected chi connectivity index (χ1v) is 10.2. The van der Waals surface area contributed by atoms with Crippen molar-refractivity contribution in [2.45, 2.75) is 65.2 Å². The van der Waals surface area contributed by atoms with Gasteiger partial charge in [-0.25, -0.2) is 0 Å². The molecule has 1 aliphatic carbocycles. The molecule has 2 aliphatic rings. The Balaban J connectivity index is 1.80. The Kier molecular flexibility index (Phi) is 5.84. The highest BCUT2D eigenvalue weighted by Gasteiger charge is 2.32. The van der Waals surface area contributed by atoms with Gasteiger partial charge in [0.2, 0.25) is 0 Å². The third-order valence-corrected chi connectivity index (χ3v) is 5.93. The van der Waals surface area contributed by atoms with Gasteiger partial charge in [-0.15, -0.1) is 0 Å². The van der Waals surface area contributed by atoms with Crippen LogP contribution in [0.15, 0.2) is 42.5 Å². The van der Waals surface area contributed by atoms with Crippen molar-refractivity contribution in [1.82, 2.24) is 4.90 Å². The maximum absolute atomic E-state index is 4.34. The van der Waals surface area contributed by atoms with E-state index in [0.717, 1.165) is 13.0 Å². The van der Waals surface area contributed by atoms with Gasteiger partial charge in [0.1, 0.15) is 0 Å². The van der Waals surface area contributed by atoms with Crippen molar-refractivity contribution in [2.75, 3.05) is 19.6 Å². The van der Waals surface area contributed by atoms with Crippen molar-refractivity contribution in [3.8, 4) is 0 Å². The topological polar surface area (TPSA) is 3.24 Å². The van der Waals surface area contributed by atoms with Crippen LogP contribution in [0.1, 0.15) is 76.3 Å². The molecule has 1 saturated carbocycles. The first-order valence-electron chi connectivity index (χ1n) is 10.2. The molecule has 0 radical (unpaired) electrons. The Labute approximate surface area is 154 Å². The summed E-state index contributed by atoms with van der Waals surface area (Å²) in [5.74, 6) is 0.631. The molecule has 0 aromatic heterocycles. The van der Waals surface area contributed by atoms with Gasteiger partial charge in [0.25, 0.3) is 0 Å². The molecule has 0 amide bonds. The van der Waals surface area contributed by atoms with Gasteiger partial charge >= 0.3 is 0 Å². The van der Waals surface area contributed by atoms with E-state index < -0.39 is 0 Å². The van der Waals surface area contributed by atoms with Crippen LogP contribution in [-0.4, -0.2) is 24.5 Å². The Bertz CT molecular complexity index is 637. The summed E-state index contributed by atoms with van der Waals surface area (Å²) in [4.78, 5) is 2.60. The molecule has 1 atom stereocenters. The Hall–Kier alpha value is -1.34. The molecule has 0 spiro atoms. The summed E-state index contributed by atoms with van der Waals surface area (Å²) in [7, 11) is 0. The molecule has 1 unspecified atom stereocenters. The van der Waals surface area contributed by atoms with Crippen LogP contribution in [0.2, 0.25) is 0 Å². The molecule has 0 saturated heterocycles. The van der Waals surface area contributed by atoms with Crippen LogP contribution >= 0.6 is 0 Å². The van der Waals surface area contributed by atoms with E-state index >= 15 is 0 Å². The van der Waals surface area contributed by atoms with Gasteiger partial charge in [-0.1, -0.05) is 69.7 Å². The fourth-order valence-corrected chi connectivity index (χ4v) is 4.81. The third kappa shape index (κ3) is 4.64. The number of unbranched alkanes of at least 4 members (excludes halogenated alkanes) is 1. The highest BCUT2D eigenvalue weighted by Crippen LogP contribution is 2.47. The summed E-state index contributed by atoms with van der Waals surface area (Å²) >= 11 is 0. The highest BCUT2D eigenvalue weighted by atomic mass is 15.1. The van der Waals surface area contributed by atoms with Gasteiger partial charge in [-0.2, -0.15) is 0 Å². The largest absolute Gasteiger partial charge is 0.299 e. The smallest absolute Gasteiger partial charge is 0.0169 e. The van der Waals surface area contributed by atoms with Gasteiger partial charge < -0.3 is 0 Å². The monoisotopic (exact) mass is 337 g/mol. The fourth-order valence-electron chi connectivity index (χ4n) is 4.81. The summed E-state index contributed by atoms with van der Waals surface area (Å²) in [6.45, 7) is 15.0. The number of rotatable bonds is 5. The molecule has 1 nitrogen and oxygen atoms in total. The minimum atomic E-state index is 0.380. The van der Waals surface area contributed by atoms with Gasteiger partial charge in [0.05, 0.1) is 0 Å². The van der Waals surface area contributed by atoms with Crippen molar-refractivity contribution in [1.29, 1.82) is 0 Å². The molecular formula is C24H35N. The lowest BCUT2D eigenvalue weighted by Crippen LogP contribution is -2.29. The number of nitrogens with zero attached hydrogens (tertiary/aromatic N) is 1. The SMILES string of the molecule is C=C1CC(c2ccccc2C2=CCN(CCCC)CC2)CC(C)(C)C1. The quantitative estimate of drug-likeness (QED) is 0.560. The number of hydrogen-bond acceptors (Lipinski definition) is 1. The Morgan fingerprint density at radius 3 is 2.72 bits per heavy atom. The van der Waals surface area contributed by atoms with Crippen LogP contribution in [0, 0.1) is 5.41 Å². The summed E-state index contributed by atoms with van der Waals surface area (Å²) in [6.07, 6.45) is 9.91. The van der Waals surface area contributed by atoms with E-state index in [-0.39, 0.29) is 0 Å². The van der Waals surface area contributed by atoms with Gasteiger partial charge in [-0.3, -0.25) is 4.90 Å². The molecule has 1 aromatic carbocycles. The maximum atomic E-state index is 4.34. The average molecular weight is 338 g/mol. The zero-order chi connectivity index (χ0) is 17.9. The lowest BCUT2D eigenvalue weighted by atomic mass is 9.67. The van der Waals surface area contributed by atoms with Gasteiger partial charge in [0.15, 0.2) is 0 Å². The Morgan fingerprint density at radius 2 is 2.04 bits per heavy atom. The lowest BCUT2D eigenvalue weighted by molar-refractivity contribution is 0.264. The Morgan fingerprint density at radius 1 is 1.24 bits per heavy atom. The van der Waals surface area contributed by atoms with Crippen LogP contribution in [0.25, 0.3) is 5.57 Å². The standard InChI is InChI=1S/C24H35N/c1-5-6-13-25-14-11-20(12-15-25)22-9-7-8-10-23(22)21-16-19(2)17-24(3,4)18-21/h7-11,21H,2,5-6,12-18H2,1,3-4H3. The molecule has 1 fully saturated rings. The molecule has 136 valence electrons. The predicted molar refractivity (Wildman–Crippen MR) is 110 cm³/mol. The summed E-state index contributed by atoms with van der Waals surface area (Å²) in [6, 6.07) is 9.16. The van der Waals surface area contributed by atoms with E-state index in [1.807, 2.05) is 0 Å². The van der Waals surface area contributed by atoms with E-state index in [4.69, 9.17) is 0 Å². The molecular weight excluding hydrogens is 302 g/mol. The second-order valence-corrected chi connectivity index (χ2v) is 8.92. The first-order chi connectivity index (χ1) is 12.0. The van der Waals surface area contributed by atoms with Crippen molar-refractivity contribution >= 4 is 5.57 Å². The van der Waals surface area contributed by atoms with Gasteiger partial charge in [-0.05, 0) is 66.7 Å². The van der Waals surface area contributed by atoms with Crippen LogP contribution in [-0.2, 0) is 0 Å². The van der Waals surface area contributed by atoms with Crippen LogP contribution in [0.4, 0.5) is 0 Å². The minimum absolute atomic E-state index is 0.380. The number of hydrogen-bond donors (Lipinski definition) is 0. The van der Waals surface area contributed by atoms with E-state index in [0.29, 0.717) is 11.3 Å². The average Bonchev–Trinajstić information content (AvgIpc) is 2.59. The molecule has 1 heteroatoms. The second kappa shape index (κ2) is 7.91. The van der Waals surface area contributed by atoms with Crippen LogP contribution in [0.5, 0.6) is 0 Å². The number of benzene rings is 1. The zero-order valence-corrected chi connectivity index (χ0v) is 16.5. The lowest BCUT2D eigenvalue weighted by Gasteiger charge is -2.38. The number of allylic oxidation sites excluding steroid dienone is 1. The normalized spacial score (nSPS) is 24.2. The molecule has 25 heavy (non-hydrogen) atoms. The van der Waals surface area contributed by atoms with Crippen molar-refractivity contribution < 1.29 is 0 Å². The third-order valence-electron chi connectivity index (χ3n) is 5.93. The molecule has 1 aliphatic heterocycles. The molecule has 0 N–H and O–H groups in total. The first kappa shape index (κ1) is 18.5. The summed E-state index contributed by atoms with van der Waals surface area (Å²) < 4.78 is 0. The van der Waals surface area contributed by atoms with Crippen molar-refractivity contribution in [3.63, 3.8) is 0 Å². The summed E-state index contributed by atoms with van der Waals surface area (Å²) in [5.41, 5.74) is 6.44. The minimum Gasteiger partial charge on any atom is -0.299 e.